The molecule has 0 aliphatic carbocycles. The number of halogens is 2. The van der Waals surface area contributed by atoms with Crippen molar-refractivity contribution >= 4 is 11.5 Å². The second-order valence-electron chi connectivity index (χ2n) is 5.90. The van der Waals surface area contributed by atoms with Gasteiger partial charge in [0.25, 0.3) is 0 Å². The molecule has 0 radical (unpaired) electrons. The maximum atomic E-state index is 13.7. The number of ketones is 1. The van der Waals surface area contributed by atoms with Gasteiger partial charge in [0.15, 0.2) is 11.6 Å². The Kier molecular flexibility index (Phi) is 4.89. The van der Waals surface area contributed by atoms with E-state index < -0.39 is 17.6 Å². The van der Waals surface area contributed by atoms with E-state index in [4.69, 9.17) is 5.73 Å². The van der Waals surface area contributed by atoms with Crippen molar-refractivity contribution in [3.8, 4) is 0 Å². The number of carbonyl (C=O) groups is 1. The van der Waals surface area contributed by atoms with Crippen molar-refractivity contribution in [3.63, 3.8) is 0 Å². The predicted molar refractivity (Wildman–Crippen MR) is 94.2 cm³/mol. The van der Waals surface area contributed by atoms with Crippen LogP contribution in [-0.4, -0.2) is 5.78 Å². The molecule has 4 heteroatoms. The Morgan fingerprint density at radius 3 is 2.16 bits per heavy atom. The highest BCUT2D eigenvalue weighted by Gasteiger charge is 2.23. The van der Waals surface area contributed by atoms with E-state index in [0.29, 0.717) is 11.3 Å². The molecule has 3 aromatic carbocycles. The Morgan fingerprint density at radius 2 is 1.52 bits per heavy atom. The summed E-state index contributed by atoms with van der Waals surface area (Å²) in [5.74, 6) is -2.64. The van der Waals surface area contributed by atoms with E-state index in [2.05, 4.69) is 0 Å². The van der Waals surface area contributed by atoms with Crippen LogP contribution in [0.25, 0.3) is 0 Å². The number of nitrogens with two attached hydrogens (primary N) is 1. The van der Waals surface area contributed by atoms with E-state index >= 15 is 0 Å². The highest BCUT2D eigenvalue weighted by molar-refractivity contribution is 5.90. The minimum atomic E-state index is -0.960. The summed E-state index contributed by atoms with van der Waals surface area (Å²) in [6.45, 7) is 0. The van der Waals surface area contributed by atoms with Crippen LogP contribution in [0.1, 0.15) is 22.6 Å². The van der Waals surface area contributed by atoms with E-state index in [1.165, 1.54) is 6.07 Å². The van der Waals surface area contributed by atoms with E-state index in [-0.39, 0.29) is 12.2 Å². The lowest BCUT2D eigenvalue weighted by Gasteiger charge is -2.17. The smallest absolute Gasteiger partial charge is 0.159 e. The molecule has 126 valence electrons. The van der Waals surface area contributed by atoms with Gasteiger partial charge >= 0.3 is 0 Å². The van der Waals surface area contributed by atoms with Gasteiger partial charge in [-0.25, -0.2) is 8.78 Å². The fourth-order valence-electron chi connectivity index (χ4n) is 2.84. The van der Waals surface area contributed by atoms with Crippen molar-refractivity contribution in [3.05, 3.63) is 101 Å². The number of carbonyl (C=O) groups excluding carboxylic acids is 1. The molecule has 0 bridgehead atoms. The Morgan fingerprint density at radius 1 is 0.840 bits per heavy atom. The molecule has 2 nitrogen and oxygen atoms in total. The third-order valence-electron chi connectivity index (χ3n) is 4.09. The molecule has 0 saturated carbocycles. The quantitative estimate of drug-likeness (QED) is 0.697. The van der Waals surface area contributed by atoms with Crippen LogP contribution in [-0.2, 0) is 11.2 Å². The number of hydrogen-bond acceptors (Lipinski definition) is 2. The molecule has 0 aliphatic rings. The zero-order chi connectivity index (χ0) is 17.8. The summed E-state index contributed by atoms with van der Waals surface area (Å²) < 4.78 is 27.0. The summed E-state index contributed by atoms with van der Waals surface area (Å²) in [5.41, 5.74) is 8.29. The molecule has 3 aromatic rings. The number of rotatable bonds is 5. The van der Waals surface area contributed by atoms with E-state index in [1.54, 1.807) is 24.3 Å². The van der Waals surface area contributed by atoms with Gasteiger partial charge in [0.05, 0.1) is 5.92 Å². The minimum absolute atomic E-state index is 0.0954. The zero-order valence-electron chi connectivity index (χ0n) is 13.5. The third kappa shape index (κ3) is 3.91. The normalized spacial score (nSPS) is 11.9. The van der Waals surface area contributed by atoms with Crippen molar-refractivity contribution in [1.29, 1.82) is 0 Å². The van der Waals surface area contributed by atoms with Crippen LogP contribution in [0.5, 0.6) is 0 Å². The van der Waals surface area contributed by atoms with E-state index in [0.717, 1.165) is 23.3 Å². The molecule has 0 amide bonds. The minimum Gasteiger partial charge on any atom is -0.399 e. The first-order valence-electron chi connectivity index (χ1n) is 7.91. The van der Waals surface area contributed by atoms with Gasteiger partial charge in [0, 0.05) is 12.1 Å². The average molecular weight is 337 g/mol. The molecule has 25 heavy (non-hydrogen) atoms. The number of nitrogen functional groups attached to an aromatic ring is 1. The van der Waals surface area contributed by atoms with Crippen LogP contribution >= 0.6 is 0 Å². The maximum Gasteiger partial charge on any atom is 0.159 e. The monoisotopic (exact) mass is 337 g/mol. The third-order valence-corrected chi connectivity index (χ3v) is 4.09. The van der Waals surface area contributed by atoms with Gasteiger partial charge in [-0.3, -0.25) is 4.79 Å². The number of hydrogen-bond donors (Lipinski definition) is 1. The fraction of sp³-hybridized carbons (Fsp3) is 0.0952. The summed E-state index contributed by atoms with van der Waals surface area (Å²) in [5, 5.41) is 0. The van der Waals surface area contributed by atoms with Crippen LogP contribution < -0.4 is 5.73 Å². The van der Waals surface area contributed by atoms with Gasteiger partial charge in [-0.05, 0) is 41.0 Å². The molecule has 0 heterocycles. The van der Waals surface area contributed by atoms with Crippen LogP contribution in [0.3, 0.4) is 0 Å². The highest BCUT2D eigenvalue weighted by Crippen LogP contribution is 2.28. The molecule has 0 saturated heterocycles. The first kappa shape index (κ1) is 16.8. The van der Waals surface area contributed by atoms with Crippen molar-refractivity contribution in [2.45, 2.75) is 12.3 Å². The summed E-state index contributed by atoms with van der Waals surface area (Å²) in [7, 11) is 0. The van der Waals surface area contributed by atoms with Gasteiger partial charge < -0.3 is 5.73 Å². The van der Waals surface area contributed by atoms with Gasteiger partial charge in [-0.1, -0.05) is 48.5 Å². The lowest BCUT2D eigenvalue weighted by Crippen LogP contribution is -2.17. The van der Waals surface area contributed by atoms with Gasteiger partial charge in [0.1, 0.15) is 5.78 Å². The van der Waals surface area contributed by atoms with Crippen molar-refractivity contribution in [1.82, 2.24) is 0 Å². The topological polar surface area (TPSA) is 43.1 Å². The lowest BCUT2D eigenvalue weighted by atomic mass is 9.85. The van der Waals surface area contributed by atoms with Crippen molar-refractivity contribution < 1.29 is 13.6 Å². The molecule has 0 aromatic heterocycles. The molecule has 0 aliphatic heterocycles. The fourth-order valence-corrected chi connectivity index (χ4v) is 2.84. The lowest BCUT2D eigenvalue weighted by molar-refractivity contribution is -0.119. The van der Waals surface area contributed by atoms with E-state index in [9.17, 15) is 13.6 Å². The summed E-state index contributed by atoms with van der Waals surface area (Å²) in [6.07, 6.45) is 0.179. The first-order valence-corrected chi connectivity index (χ1v) is 7.91. The standard InChI is InChI=1S/C21H17F2NO/c22-18-11-8-16(13-19(18)23)21(15-4-2-1-3-5-15)20(25)12-14-6-9-17(24)10-7-14/h1-11,13,21H,12,24H2. The largest absolute Gasteiger partial charge is 0.399 e. The van der Waals surface area contributed by atoms with Gasteiger partial charge in [-0.2, -0.15) is 0 Å². The molecule has 0 spiro atoms. The van der Waals surface area contributed by atoms with Crippen LogP contribution in [0, 0.1) is 11.6 Å². The molecule has 2 N–H and O–H groups in total. The highest BCUT2D eigenvalue weighted by atomic mass is 19.2. The summed E-state index contributed by atoms with van der Waals surface area (Å²) in [4.78, 5) is 12.9. The summed E-state index contributed by atoms with van der Waals surface area (Å²) >= 11 is 0. The van der Waals surface area contributed by atoms with E-state index in [1.807, 2.05) is 30.3 Å². The van der Waals surface area contributed by atoms with Crippen LogP contribution in [0.15, 0.2) is 72.8 Å². The predicted octanol–water partition coefficient (Wildman–Crippen LogP) is 4.49. The Balaban J connectivity index is 1.97. The molecular formula is C21H17F2NO. The van der Waals surface area contributed by atoms with Crippen LogP contribution in [0.4, 0.5) is 14.5 Å². The average Bonchev–Trinajstić information content (AvgIpc) is 2.61. The molecule has 3 rings (SSSR count). The summed E-state index contributed by atoms with van der Waals surface area (Å²) in [6, 6.07) is 19.8. The molecule has 1 unspecified atom stereocenters. The Bertz CT molecular complexity index is 876. The number of benzene rings is 3. The van der Waals surface area contributed by atoms with Gasteiger partial charge in [-0.15, -0.1) is 0 Å². The van der Waals surface area contributed by atoms with Crippen LogP contribution in [0.2, 0.25) is 0 Å². The number of anilines is 1. The van der Waals surface area contributed by atoms with Gasteiger partial charge in [0.2, 0.25) is 0 Å². The van der Waals surface area contributed by atoms with Crippen molar-refractivity contribution in [2.24, 2.45) is 0 Å². The SMILES string of the molecule is Nc1ccc(CC(=O)C(c2ccccc2)c2ccc(F)c(F)c2)cc1. The number of Topliss-reactive ketones (excluding diaryl/α,β-unsaturated/α-hetero) is 1. The Labute approximate surface area is 144 Å². The molecular weight excluding hydrogens is 320 g/mol. The second-order valence-corrected chi connectivity index (χ2v) is 5.90. The zero-order valence-corrected chi connectivity index (χ0v) is 13.5. The Hall–Kier alpha value is -3.01. The molecule has 1 atom stereocenters. The molecule has 0 fully saturated rings. The first-order chi connectivity index (χ1) is 12.0. The second kappa shape index (κ2) is 7.26. The maximum absolute atomic E-state index is 13.7. The van der Waals surface area contributed by atoms with Crippen molar-refractivity contribution in [2.75, 3.05) is 5.73 Å².